The number of fused-ring (bicyclic) bond motifs is 1. The first-order valence-corrected chi connectivity index (χ1v) is 11.4. The van der Waals surface area contributed by atoms with E-state index in [0.29, 0.717) is 48.4 Å². The number of aliphatic hydroxyl groups excluding tert-OH is 1. The zero-order valence-corrected chi connectivity index (χ0v) is 18.3. The predicted molar refractivity (Wildman–Crippen MR) is 117 cm³/mol. The Kier molecular flexibility index (Phi) is 7.20. The zero-order valence-electron chi connectivity index (χ0n) is 17.6. The van der Waals surface area contributed by atoms with E-state index in [1.54, 1.807) is 12.1 Å². The molecule has 1 saturated carbocycles. The monoisotopic (exact) mass is 451 g/mol. The number of likely N-dealkylation sites (tertiary alicyclic amines) is 1. The Labute approximate surface area is 187 Å². The van der Waals surface area contributed by atoms with Crippen molar-refractivity contribution in [3.63, 3.8) is 0 Å². The third-order valence-electron chi connectivity index (χ3n) is 6.04. The minimum Gasteiger partial charge on any atom is -0.490 e. The summed E-state index contributed by atoms with van der Waals surface area (Å²) in [6.07, 6.45) is 3.98. The highest BCUT2D eigenvalue weighted by Gasteiger charge is 2.26. The lowest BCUT2D eigenvalue weighted by Gasteiger charge is -2.33. The molecule has 3 aliphatic rings. The van der Waals surface area contributed by atoms with Crippen molar-refractivity contribution < 1.29 is 24.2 Å². The van der Waals surface area contributed by atoms with Gasteiger partial charge >= 0.3 is 6.09 Å². The number of β-amino-alcohol motifs (C(OH)–C–C–N with tert-alkyl or cyclic N) is 1. The number of nitrogens with zero attached hydrogens (tertiary/aromatic N) is 1. The second-order valence-electron chi connectivity index (χ2n) is 8.67. The van der Waals surface area contributed by atoms with E-state index in [-0.39, 0.29) is 24.6 Å². The topological polar surface area (TPSA) is 100 Å². The number of hydrogen-bond acceptors (Lipinski definition) is 6. The fourth-order valence-electron chi connectivity index (χ4n) is 4.04. The van der Waals surface area contributed by atoms with Crippen LogP contribution in [0.1, 0.15) is 37.7 Å². The number of hydrogen-bond donors (Lipinski definition) is 3. The van der Waals surface area contributed by atoms with Gasteiger partial charge in [-0.25, -0.2) is 4.79 Å². The van der Waals surface area contributed by atoms with Gasteiger partial charge in [0, 0.05) is 37.7 Å². The molecule has 1 unspecified atom stereocenters. The van der Waals surface area contributed by atoms with Crippen LogP contribution in [-0.4, -0.2) is 67.0 Å². The summed E-state index contributed by atoms with van der Waals surface area (Å²) < 4.78 is 11.1. The van der Waals surface area contributed by atoms with Crippen molar-refractivity contribution in [2.24, 2.45) is 5.92 Å². The van der Waals surface area contributed by atoms with E-state index in [1.165, 1.54) is 0 Å². The summed E-state index contributed by atoms with van der Waals surface area (Å²) in [5.41, 5.74) is 1.48. The molecule has 0 radical (unpaired) electrons. The average molecular weight is 452 g/mol. The molecule has 2 heterocycles. The molecule has 0 spiro atoms. The van der Waals surface area contributed by atoms with Gasteiger partial charge in [0.2, 0.25) is 5.91 Å². The molecule has 1 atom stereocenters. The third-order valence-corrected chi connectivity index (χ3v) is 6.36. The van der Waals surface area contributed by atoms with Crippen LogP contribution in [0.4, 0.5) is 10.5 Å². The Morgan fingerprint density at radius 3 is 2.77 bits per heavy atom. The maximum Gasteiger partial charge on any atom is 0.407 e. The van der Waals surface area contributed by atoms with Crippen LogP contribution in [0.5, 0.6) is 5.75 Å². The molecule has 1 aliphatic carbocycles. The summed E-state index contributed by atoms with van der Waals surface area (Å²) in [5.74, 6) is 1.15. The van der Waals surface area contributed by atoms with Crippen LogP contribution in [0, 0.1) is 5.92 Å². The van der Waals surface area contributed by atoms with Gasteiger partial charge in [-0.05, 0) is 50.2 Å². The van der Waals surface area contributed by atoms with Gasteiger partial charge in [-0.1, -0.05) is 11.6 Å². The first kappa shape index (κ1) is 22.2. The summed E-state index contributed by atoms with van der Waals surface area (Å²) in [6.45, 7) is 2.79. The van der Waals surface area contributed by atoms with Crippen molar-refractivity contribution in [1.29, 1.82) is 0 Å². The fourth-order valence-corrected chi connectivity index (χ4v) is 4.27. The number of halogens is 1. The number of rotatable bonds is 8. The van der Waals surface area contributed by atoms with Crippen LogP contribution >= 0.6 is 11.6 Å². The summed E-state index contributed by atoms with van der Waals surface area (Å²) in [4.78, 5) is 25.6. The first-order chi connectivity index (χ1) is 15.0. The molecule has 8 nitrogen and oxygen atoms in total. The van der Waals surface area contributed by atoms with Crippen LogP contribution < -0.4 is 15.4 Å². The van der Waals surface area contributed by atoms with Crippen molar-refractivity contribution in [1.82, 2.24) is 10.2 Å². The van der Waals surface area contributed by atoms with E-state index in [9.17, 15) is 14.7 Å². The van der Waals surface area contributed by atoms with Gasteiger partial charge in [-0.15, -0.1) is 0 Å². The quantitative estimate of drug-likeness (QED) is 0.561. The molecule has 1 aromatic rings. The molecule has 0 aromatic heterocycles. The SMILES string of the molecule is O=C1CCc2c(OCC(O)CN3CCC(NC(=O)OCC4CC4)CC3)ccc(Cl)c2N1. The molecule has 9 heteroatoms. The van der Waals surface area contributed by atoms with Crippen molar-refractivity contribution in [2.75, 3.05) is 38.2 Å². The summed E-state index contributed by atoms with van der Waals surface area (Å²) in [6, 6.07) is 3.60. The minimum absolute atomic E-state index is 0.0550. The molecule has 2 fully saturated rings. The Balaban J connectivity index is 1.18. The van der Waals surface area contributed by atoms with E-state index >= 15 is 0 Å². The predicted octanol–water partition coefficient (Wildman–Crippen LogP) is 2.56. The van der Waals surface area contributed by atoms with Crippen molar-refractivity contribution in [3.05, 3.63) is 22.7 Å². The van der Waals surface area contributed by atoms with Crippen LogP contribution in [-0.2, 0) is 16.0 Å². The maximum absolute atomic E-state index is 11.8. The molecular weight excluding hydrogens is 422 g/mol. The van der Waals surface area contributed by atoms with Crippen LogP contribution in [0.25, 0.3) is 0 Å². The number of ether oxygens (including phenoxy) is 2. The van der Waals surface area contributed by atoms with Crippen molar-refractivity contribution >= 4 is 29.3 Å². The van der Waals surface area contributed by atoms with Gasteiger partial charge in [0.25, 0.3) is 0 Å². The molecule has 2 amide bonds. The fraction of sp³-hybridized carbons (Fsp3) is 0.636. The van der Waals surface area contributed by atoms with E-state index < -0.39 is 6.10 Å². The van der Waals surface area contributed by atoms with Gasteiger partial charge in [0.05, 0.1) is 17.3 Å². The van der Waals surface area contributed by atoms with Crippen LogP contribution in [0.2, 0.25) is 5.02 Å². The Bertz CT molecular complexity index is 809. The number of aliphatic hydroxyl groups is 1. The minimum atomic E-state index is -0.641. The molecule has 170 valence electrons. The Hall–Kier alpha value is -2.03. The number of piperidine rings is 1. The molecule has 3 N–H and O–H groups in total. The highest BCUT2D eigenvalue weighted by Crippen LogP contribution is 2.37. The molecular formula is C22H30ClN3O5. The van der Waals surface area contributed by atoms with Gasteiger partial charge < -0.3 is 30.1 Å². The van der Waals surface area contributed by atoms with Crippen LogP contribution in [0.15, 0.2) is 12.1 Å². The van der Waals surface area contributed by atoms with Gasteiger partial charge in [0.15, 0.2) is 0 Å². The number of carbonyl (C=O) groups is 2. The highest BCUT2D eigenvalue weighted by atomic mass is 35.5. The summed E-state index contributed by atoms with van der Waals surface area (Å²) >= 11 is 6.19. The number of amides is 2. The lowest BCUT2D eigenvalue weighted by molar-refractivity contribution is -0.116. The van der Waals surface area contributed by atoms with E-state index in [2.05, 4.69) is 15.5 Å². The maximum atomic E-state index is 11.8. The van der Waals surface area contributed by atoms with Crippen LogP contribution in [0.3, 0.4) is 0 Å². The summed E-state index contributed by atoms with van der Waals surface area (Å²) in [5, 5.41) is 16.7. The standard InChI is InChI=1S/C22H30ClN3O5/c23-18-4-5-19(17-3-6-20(28)25-21(17)18)30-13-16(27)11-26-9-7-15(8-10-26)24-22(29)31-12-14-1-2-14/h4-5,14-16,27H,1-3,6-13H2,(H,24,29)(H,25,28). The smallest absolute Gasteiger partial charge is 0.407 e. The van der Waals surface area contributed by atoms with E-state index in [4.69, 9.17) is 21.1 Å². The molecule has 31 heavy (non-hydrogen) atoms. The second-order valence-corrected chi connectivity index (χ2v) is 9.08. The lowest BCUT2D eigenvalue weighted by atomic mass is 10.0. The Morgan fingerprint density at radius 2 is 2.03 bits per heavy atom. The summed E-state index contributed by atoms with van der Waals surface area (Å²) in [7, 11) is 0. The van der Waals surface area contributed by atoms with Crippen molar-refractivity contribution in [2.45, 2.75) is 50.7 Å². The molecule has 2 aliphatic heterocycles. The van der Waals surface area contributed by atoms with E-state index in [1.807, 2.05) is 0 Å². The third kappa shape index (κ3) is 6.24. The highest BCUT2D eigenvalue weighted by molar-refractivity contribution is 6.34. The van der Waals surface area contributed by atoms with Gasteiger partial charge in [0.1, 0.15) is 18.5 Å². The molecule has 1 aromatic carbocycles. The molecule has 1 saturated heterocycles. The number of benzene rings is 1. The number of anilines is 1. The van der Waals surface area contributed by atoms with Gasteiger partial charge in [-0.2, -0.15) is 0 Å². The first-order valence-electron chi connectivity index (χ1n) is 11.1. The number of nitrogens with one attached hydrogen (secondary N) is 2. The van der Waals surface area contributed by atoms with Crippen molar-refractivity contribution in [3.8, 4) is 5.75 Å². The second kappa shape index (κ2) is 10.1. The number of alkyl carbamates (subject to hydrolysis) is 1. The normalized spacial score (nSPS) is 20.5. The number of carbonyl (C=O) groups excluding carboxylic acids is 2. The molecule has 4 rings (SSSR count). The molecule has 0 bridgehead atoms. The lowest BCUT2D eigenvalue weighted by Crippen LogP contribution is -2.47. The zero-order chi connectivity index (χ0) is 21.8. The average Bonchev–Trinajstić information content (AvgIpc) is 3.58. The largest absolute Gasteiger partial charge is 0.490 e. The van der Waals surface area contributed by atoms with E-state index in [0.717, 1.165) is 44.3 Å². The van der Waals surface area contributed by atoms with Gasteiger partial charge in [-0.3, -0.25) is 4.79 Å². The Morgan fingerprint density at radius 1 is 1.26 bits per heavy atom.